The summed E-state index contributed by atoms with van der Waals surface area (Å²) >= 11 is 3.57. The van der Waals surface area contributed by atoms with Gasteiger partial charge < -0.3 is 9.88 Å². The maximum atomic E-state index is 13.7. The van der Waals surface area contributed by atoms with Gasteiger partial charge in [-0.25, -0.2) is 5.43 Å². The van der Waals surface area contributed by atoms with Crippen molar-refractivity contribution in [2.45, 2.75) is 25.6 Å². The number of hydrogen-bond acceptors (Lipinski definition) is 4. The molecule has 208 valence electrons. The molecular formula is C34H28BrN5O2. The molecule has 5 aromatic rings. The van der Waals surface area contributed by atoms with Crippen molar-refractivity contribution in [3.63, 3.8) is 0 Å². The first-order valence-corrected chi connectivity index (χ1v) is 14.4. The number of benzene rings is 4. The number of carbonyl (C=O) groups excluding carboxylic acids is 2. The van der Waals surface area contributed by atoms with Crippen molar-refractivity contribution in [2.24, 2.45) is 10.1 Å². The van der Waals surface area contributed by atoms with Crippen LogP contribution in [0.2, 0.25) is 0 Å². The normalized spacial score (nSPS) is 16.8. The fraction of sp³-hybridized carbons (Fsp3) is 0.118. The van der Waals surface area contributed by atoms with Crippen LogP contribution >= 0.6 is 15.9 Å². The Morgan fingerprint density at radius 2 is 1.67 bits per heavy atom. The minimum Gasteiger partial charge on any atom is -0.341 e. The Morgan fingerprint density at radius 1 is 0.976 bits per heavy atom. The van der Waals surface area contributed by atoms with E-state index < -0.39 is 0 Å². The van der Waals surface area contributed by atoms with Crippen LogP contribution in [-0.2, 0) is 16.1 Å². The molecule has 42 heavy (non-hydrogen) atoms. The molecule has 6 rings (SSSR count). The van der Waals surface area contributed by atoms with Gasteiger partial charge in [-0.1, -0.05) is 106 Å². The second-order valence-electron chi connectivity index (χ2n) is 10.2. The highest BCUT2D eigenvalue weighted by Gasteiger charge is 2.34. The molecular weight excluding hydrogens is 590 g/mol. The smallest absolute Gasteiger partial charge is 0.270 e. The number of carbonyl (C=O) groups is 2. The summed E-state index contributed by atoms with van der Waals surface area (Å²) in [6.07, 6.45) is 3.44. The molecule has 2 heterocycles. The third-order valence-corrected chi connectivity index (χ3v) is 7.77. The average molecular weight is 619 g/mol. The molecule has 1 aliphatic heterocycles. The van der Waals surface area contributed by atoms with Crippen molar-refractivity contribution in [3.8, 4) is 0 Å². The van der Waals surface area contributed by atoms with E-state index >= 15 is 0 Å². The molecule has 0 bridgehead atoms. The Balaban J connectivity index is 1.35. The number of aliphatic imine (C=N–C) groups is 1. The van der Waals surface area contributed by atoms with Gasteiger partial charge in [-0.2, -0.15) is 5.10 Å². The highest BCUT2D eigenvalue weighted by Crippen LogP contribution is 2.37. The minimum absolute atomic E-state index is 0.0209. The summed E-state index contributed by atoms with van der Waals surface area (Å²) in [5.74, 6) is -0.548. The van der Waals surface area contributed by atoms with Crippen LogP contribution in [0.1, 0.15) is 39.9 Å². The number of fused-ring (bicyclic) bond motifs is 1. The van der Waals surface area contributed by atoms with Crippen LogP contribution in [0.3, 0.4) is 0 Å². The fourth-order valence-electron chi connectivity index (χ4n) is 5.21. The van der Waals surface area contributed by atoms with E-state index in [0.717, 1.165) is 37.6 Å². The number of hydrazone groups is 1. The molecule has 2 amide bonds. The van der Waals surface area contributed by atoms with Gasteiger partial charge in [0.15, 0.2) is 0 Å². The standard InChI is InChI=1S/C34H28BrN5O2/c1-22-12-14-23(15-13-22)19-36-39-30(41)21-40-20-28(27-18-26(35)16-17-29(27)40)33-34(42)38-32(25-10-6-3-7-11-25)31(37-33)24-8-4-2-5-9-24/h2-20,31-32H,21H2,1H3,(H,38,42)(H,39,41)/t31-,32-/m0/s1. The van der Waals surface area contributed by atoms with Gasteiger partial charge in [0.2, 0.25) is 0 Å². The van der Waals surface area contributed by atoms with Crippen LogP contribution in [-0.4, -0.2) is 28.3 Å². The number of amides is 2. The van der Waals surface area contributed by atoms with Gasteiger partial charge in [-0.05, 0) is 41.8 Å². The molecule has 0 unspecified atom stereocenters. The number of nitrogens with one attached hydrogen (secondary N) is 2. The zero-order valence-electron chi connectivity index (χ0n) is 22.9. The second-order valence-corrected chi connectivity index (χ2v) is 11.1. The minimum atomic E-state index is -0.328. The summed E-state index contributed by atoms with van der Waals surface area (Å²) in [6.45, 7) is 2.04. The number of nitrogens with zero attached hydrogens (tertiary/aromatic N) is 3. The van der Waals surface area contributed by atoms with Gasteiger partial charge in [0.25, 0.3) is 11.8 Å². The fourth-order valence-corrected chi connectivity index (χ4v) is 5.57. The van der Waals surface area contributed by atoms with E-state index in [1.54, 1.807) is 6.21 Å². The molecule has 0 aliphatic carbocycles. The molecule has 0 spiro atoms. The quantitative estimate of drug-likeness (QED) is 0.167. The van der Waals surface area contributed by atoms with Crippen LogP contribution in [0, 0.1) is 6.92 Å². The first-order valence-electron chi connectivity index (χ1n) is 13.6. The maximum Gasteiger partial charge on any atom is 0.270 e. The molecule has 1 aromatic heterocycles. The van der Waals surface area contributed by atoms with E-state index in [2.05, 4.69) is 31.8 Å². The predicted molar refractivity (Wildman–Crippen MR) is 170 cm³/mol. The molecule has 8 heteroatoms. The Hall–Kier alpha value is -4.82. The summed E-state index contributed by atoms with van der Waals surface area (Å²) in [5, 5.41) is 8.15. The first-order chi connectivity index (χ1) is 20.5. The molecule has 2 N–H and O–H groups in total. The monoisotopic (exact) mass is 617 g/mol. The Morgan fingerprint density at radius 3 is 2.38 bits per heavy atom. The summed E-state index contributed by atoms with van der Waals surface area (Å²) in [6, 6.07) is 32.9. The summed E-state index contributed by atoms with van der Waals surface area (Å²) in [5.41, 5.74) is 8.43. The van der Waals surface area contributed by atoms with Gasteiger partial charge in [0.05, 0.1) is 12.3 Å². The van der Waals surface area contributed by atoms with Crippen molar-refractivity contribution in [2.75, 3.05) is 0 Å². The van der Waals surface area contributed by atoms with E-state index in [9.17, 15) is 9.59 Å². The summed E-state index contributed by atoms with van der Waals surface area (Å²) in [4.78, 5) is 31.6. The van der Waals surface area contributed by atoms with Gasteiger partial charge in [0.1, 0.15) is 18.3 Å². The van der Waals surface area contributed by atoms with E-state index in [-0.39, 0.29) is 30.4 Å². The lowest BCUT2D eigenvalue weighted by molar-refractivity contribution is -0.121. The number of halogens is 1. The average Bonchev–Trinajstić information content (AvgIpc) is 3.35. The highest BCUT2D eigenvalue weighted by molar-refractivity contribution is 9.10. The molecule has 0 radical (unpaired) electrons. The third kappa shape index (κ3) is 5.80. The van der Waals surface area contributed by atoms with Crippen LogP contribution in [0.25, 0.3) is 10.9 Å². The van der Waals surface area contributed by atoms with Crippen LogP contribution in [0.15, 0.2) is 124 Å². The SMILES string of the molecule is Cc1ccc(C=NNC(=O)Cn2cc(C3=N[C@@H](c4ccccc4)[C@H](c4ccccc4)NC3=O)c3cc(Br)ccc32)cc1. The van der Waals surface area contributed by atoms with Crippen LogP contribution in [0.4, 0.5) is 0 Å². The topological polar surface area (TPSA) is 87.8 Å². The van der Waals surface area contributed by atoms with Crippen LogP contribution in [0.5, 0.6) is 0 Å². The van der Waals surface area contributed by atoms with E-state index in [1.807, 2.05) is 121 Å². The zero-order chi connectivity index (χ0) is 29.1. The lowest BCUT2D eigenvalue weighted by Gasteiger charge is -2.31. The van der Waals surface area contributed by atoms with E-state index in [4.69, 9.17) is 4.99 Å². The number of rotatable bonds is 7. The van der Waals surface area contributed by atoms with Gasteiger partial charge in [-0.15, -0.1) is 0 Å². The number of aromatic nitrogens is 1. The zero-order valence-corrected chi connectivity index (χ0v) is 24.5. The van der Waals surface area contributed by atoms with Crippen molar-refractivity contribution in [3.05, 3.63) is 142 Å². The Labute approximate surface area is 252 Å². The molecule has 0 saturated heterocycles. The molecule has 4 aromatic carbocycles. The van der Waals surface area contributed by atoms with Crippen molar-refractivity contribution in [1.29, 1.82) is 0 Å². The second kappa shape index (κ2) is 12.0. The lowest BCUT2D eigenvalue weighted by atomic mass is 9.91. The van der Waals surface area contributed by atoms with Crippen molar-refractivity contribution in [1.82, 2.24) is 15.3 Å². The molecule has 0 fully saturated rings. The lowest BCUT2D eigenvalue weighted by Crippen LogP contribution is -2.42. The van der Waals surface area contributed by atoms with Gasteiger partial charge in [-0.3, -0.25) is 14.6 Å². The molecule has 2 atom stereocenters. The van der Waals surface area contributed by atoms with Crippen LogP contribution < -0.4 is 10.7 Å². The Kier molecular flexibility index (Phi) is 7.79. The van der Waals surface area contributed by atoms with Crippen molar-refractivity contribution >= 4 is 50.6 Å². The third-order valence-electron chi connectivity index (χ3n) is 7.28. The largest absolute Gasteiger partial charge is 0.341 e. The highest BCUT2D eigenvalue weighted by atomic mass is 79.9. The van der Waals surface area contributed by atoms with Gasteiger partial charge in [0, 0.05) is 27.1 Å². The van der Waals surface area contributed by atoms with Crippen molar-refractivity contribution < 1.29 is 9.59 Å². The number of aryl methyl sites for hydroxylation is 1. The molecule has 7 nitrogen and oxygen atoms in total. The summed E-state index contributed by atoms with van der Waals surface area (Å²) in [7, 11) is 0. The Bertz CT molecular complexity index is 1810. The first kappa shape index (κ1) is 27.4. The molecule has 0 saturated carbocycles. The van der Waals surface area contributed by atoms with E-state index in [1.165, 1.54) is 0 Å². The van der Waals surface area contributed by atoms with Gasteiger partial charge >= 0.3 is 0 Å². The maximum absolute atomic E-state index is 13.7. The summed E-state index contributed by atoms with van der Waals surface area (Å²) < 4.78 is 2.68. The molecule has 1 aliphatic rings. The predicted octanol–water partition coefficient (Wildman–Crippen LogP) is 6.26. The number of hydrogen-bond donors (Lipinski definition) is 2. The van der Waals surface area contributed by atoms with E-state index in [0.29, 0.717) is 11.3 Å².